The molecule has 2 aromatic rings. The molecule has 0 radical (unpaired) electrons. The van der Waals surface area contributed by atoms with Crippen LogP contribution in [-0.4, -0.2) is 23.3 Å². The maximum Gasteiger partial charge on any atom is 0.203 e. The summed E-state index contributed by atoms with van der Waals surface area (Å²) < 4.78 is 7.24. The second-order valence-electron chi connectivity index (χ2n) is 4.83. The summed E-state index contributed by atoms with van der Waals surface area (Å²) >= 11 is 1.87. The first kappa shape index (κ1) is 12.7. The Balaban J connectivity index is 1.74. The lowest BCUT2D eigenvalue weighted by molar-refractivity contribution is 0.187. The van der Waals surface area contributed by atoms with Gasteiger partial charge in [0.15, 0.2) is 0 Å². The number of nitrogens with zero attached hydrogens (tertiary/aromatic N) is 2. The van der Waals surface area contributed by atoms with Gasteiger partial charge < -0.3 is 14.6 Å². The van der Waals surface area contributed by atoms with Gasteiger partial charge in [-0.2, -0.15) is 0 Å². The number of hydrogen-bond donors (Lipinski definition) is 1. The molecular weight excluding hydrogens is 258 g/mol. The van der Waals surface area contributed by atoms with E-state index in [1.165, 1.54) is 29.7 Å². The van der Waals surface area contributed by atoms with Gasteiger partial charge in [-0.1, -0.05) is 0 Å². The molecule has 5 heteroatoms. The van der Waals surface area contributed by atoms with Crippen LogP contribution in [0, 0.1) is 0 Å². The van der Waals surface area contributed by atoms with Crippen molar-refractivity contribution in [3.8, 4) is 0 Å². The molecule has 1 unspecified atom stereocenters. The fraction of sp³-hybridized carbons (Fsp3) is 0.500. The molecule has 2 heterocycles. The third-order valence-electron chi connectivity index (χ3n) is 3.61. The number of aryl methyl sites for hydroxylation is 1. The SMILES string of the molecule is COCCn1ccnc1NC1CCCc2sccc21. The predicted molar refractivity (Wildman–Crippen MR) is 77.7 cm³/mol. The van der Waals surface area contributed by atoms with E-state index in [4.69, 9.17) is 4.74 Å². The molecule has 0 bridgehead atoms. The van der Waals surface area contributed by atoms with Gasteiger partial charge in [-0.25, -0.2) is 4.98 Å². The number of aromatic nitrogens is 2. The van der Waals surface area contributed by atoms with E-state index in [1.54, 1.807) is 7.11 Å². The monoisotopic (exact) mass is 277 g/mol. The smallest absolute Gasteiger partial charge is 0.203 e. The zero-order valence-electron chi connectivity index (χ0n) is 11.1. The van der Waals surface area contributed by atoms with Crippen molar-refractivity contribution in [2.24, 2.45) is 0 Å². The number of imidazole rings is 1. The molecule has 3 rings (SSSR count). The van der Waals surface area contributed by atoms with Gasteiger partial charge in [-0.15, -0.1) is 11.3 Å². The standard InChI is InChI=1S/C14H19N3OS/c1-18-9-8-17-7-6-15-14(17)16-12-3-2-4-13-11(12)5-10-19-13/h5-7,10,12H,2-4,8-9H2,1H3,(H,15,16). The highest BCUT2D eigenvalue weighted by Crippen LogP contribution is 2.35. The molecule has 0 fully saturated rings. The van der Waals surface area contributed by atoms with E-state index in [0.717, 1.165) is 12.5 Å². The van der Waals surface area contributed by atoms with Gasteiger partial charge in [0.2, 0.25) is 5.95 Å². The summed E-state index contributed by atoms with van der Waals surface area (Å²) in [5.74, 6) is 0.945. The van der Waals surface area contributed by atoms with Gasteiger partial charge in [-0.05, 0) is 36.3 Å². The summed E-state index contributed by atoms with van der Waals surface area (Å²) in [6.45, 7) is 1.54. The fourth-order valence-electron chi connectivity index (χ4n) is 2.61. The molecule has 102 valence electrons. The Morgan fingerprint density at radius 3 is 3.42 bits per heavy atom. The Bertz CT molecular complexity index is 534. The lowest BCUT2D eigenvalue weighted by Gasteiger charge is -2.24. The normalized spacial score (nSPS) is 18.3. The predicted octanol–water partition coefficient (Wildman–Crippen LogP) is 3.08. The molecule has 0 spiro atoms. The Morgan fingerprint density at radius 1 is 1.58 bits per heavy atom. The van der Waals surface area contributed by atoms with Crippen LogP contribution in [0.5, 0.6) is 0 Å². The second-order valence-corrected chi connectivity index (χ2v) is 5.83. The van der Waals surface area contributed by atoms with Crippen LogP contribution >= 0.6 is 11.3 Å². The van der Waals surface area contributed by atoms with Crippen molar-refractivity contribution >= 4 is 17.3 Å². The number of fused-ring (bicyclic) bond motifs is 1. The zero-order chi connectivity index (χ0) is 13.1. The summed E-state index contributed by atoms with van der Waals surface area (Å²) in [5.41, 5.74) is 1.46. The van der Waals surface area contributed by atoms with Crippen molar-refractivity contribution in [2.45, 2.75) is 31.8 Å². The van der Waals surface area contributed by atoms with Gasteiger partial charge in [-0.3, -0.25) is 0 Å². The topological polar surface area (TPSA) is 39.1 Å². The van der Waals surface area contributed by atoms with Crippen LogP contribution in [0.15, 0.2) is 23.8 Å². The van der Waals surface area contributed by atoms with Crippen molar-refractivity contribution in [1.82, 2.24) is 9.55 Å². The lowest BCUT2D eigenvalue weighted by Crippen LogP contribution is -2.18. The average molecular weight is 277 g/mol. The Kier molecular flexibility index (Phi) is 3.84. The van der Waals surface area contributed by atoms with Crippen molar-refractivity contribution in [3.63, 3.8) is 0 Å². The number of nitrogens with one attached hydrogen (secondary N) is 1. The van der Waals surface area contributed by atoms with Gasteiger partial charge in [0, 0.05) is 30.9 Å². The van der Waals surface area contributed by atoms with Crippen LogP contribution in [0.3, 0.4) is 0 Å². The van der Waals surface area contributed by atoms with E-state index in [-0.39, 0.29) is 0 Å². The van der Waals surface area contributed by atoms with Crippen LogP contribution in [0.2, 0.25) is 0 Å². The molecule has 1 aliphatic carbocycles. The fourth-order valence-corrected chi connectivity index (χ4v) is 3.60. The second kappa shape index (κ2) is 5.75. The maximum absolute atomic E-state index is 5.13. The van der Waals surface area contributed by atoms with Gasteiger partial charge in [0.25, 0.3) is 0 Å². The van der Waals surface area contributed by atoms with Gasteiger partial charge in [0.05, 0.1) is 12.6 Å². The highest BCUT2D eigenvalue weighted by atomic mass is 32.1. The van der Waals surface area contributed by atoms with E-state index in [2.05, 4.69) is 26.3 Å². The summed E-state index contributed by atoms with van der Waals surface area (Å²) in [7, 11) is 1.73. The lowest BCUT2D eigenvalue weighted by atomic mass is 9.94. The number of methoxy groups -OCH3 is 1. The van der Waals surface area contributed by atoms with E-state index in [9.17, 15) is 0 Å². The number of ether oxygens (including phenoxy) is 1. The third kappa shape index (κ3) is 2.67. The maximum atomic E-state index is 5.13. The first-order valence-corrected chi connectivity index (χ1v) is 7.59. The minimum Gasteiger partial charge on any atom is -0.383 e. The quantitative estimate of drug-likeness (QED) is 0.913. The van der Waals surface area contributed by atoms with Gasteiger partial charge >= 0.3 is 0 Å². The summed E-state index contributed by atoms with van der Waals surface area (Å²) in [4.78, 5) is 5.95. The Morgan fingerprint density at radius 2 is 2.53 bits per heavy atom. The zero-order valence-corrected chi connectivity index (χ0v) is 11.9. The highest BCUT2D eigenvalue weighted by molar-refractivity contribution is 7.10. The van der Waals surface area contributed by atoms with Crippen molar-refractivity contribution in [1.29, 1.82) is 0 Å². The molecule has 2 aromatic heterocycles. The van der Waals surface area contributed by atoms with Crippen molar-refractivity contribution < 1.29 is 4.74 Å². The minimum absolute atomic E-state index is 0.402. The van der Waals surface area contributed by atoms with E-state index in [1.807, 2.05) is 23.7 Å². The molecule has 1 N–H and O–H groups in total. The molecule has 1 atom stereocenters. The van der Waals surface area contributed by atoms with Crippen molar-refractivity contribution in [2.75, 3.05) is 19.0 Å². The molecule has 4 nitrogen and oxygen atoms in total. The number of thiophene rings is 1. The van der Waals surface area contributed by atoms with Crippen LogP contribution in [0.1, 0.15) is 29.3 Å². The Hall–Kier alpha value is -1.33. The number of rotatable bonds is 5. The Labute approximate surface area is 117 Å². The van der Waals surface area contributed by atoms with Crippen LogP contribution < -0.4 is 5.32 Å². The number of anilines is 1. The van der Waals surface area contributed by atoms with Crippen LogP contribution in [-0.2, 0) is 17.7 Å². The minimum atomic E-state index is 0.402. The molecule has 0 saturated heterocycles. The molecule has 0 amide bonds. The third-order valence-corrected chi connectivity index (χ3v) is 4.60. The summed E-state index contributed by atoms with van der Waals surface area (Å²) in [6, 6.07) is 2.65. The van der Waals surface area contributed by atoms with E-state index < -0.39 is 0 Å². The van der Waals surface area contributed by atoms with Crippen molar-refractivity contribution in [3.05, 3.63) is 34.3 Å². The average Bonchev–Trinajstić information content (AvgIpc) is 3.05. The molecule has 0 saturated carbocycles. The molecule has 1 aliphatic rings. The first-order valence-electron chi connectivity index (χ1n) is 6.71. The van der Waals surface area contributed by atoms with E-state index >= 15 is 0 Å². The van der Waals surface area contributed by atoms with Crippen LogP contribution in [0.25, 0.3) is 0 Å². The molecule has 0 aliphatic heterocycles. The number of hydrogen-bond acceptors (Lipinski definition) is 4. The van der Waals surface area contributed by atoms with Crippen LogP contribution in [0.4, 0.5) is 5.95 Å². The summed E-state index contributed by atoms with van der Waals surface area (Å²) in [5, 5.41) is 5.78. The molecular formula is C14H19N3OS. The highest BCUT2D eigenvalue weighted by Gasteiger charge is 2.22. The van der Waals surface area contributed by atoms with Gasteiger partial charge in [0.1, 0.15) is 0 Å². The van der Waals surface area contributed by atoms with E-state index in [0.29, 0.717) is 12.6 Å². The summed E-state index contributed by atoms with van der Waals surface area (Å²) in [6.07, 6.45) is 7.50. The molecule has 0 aromatic carbocycles. The largest absolute Gasteiger partial charge is 0.383 e. The molecule has 19 heavy (non-hydrogen) atoms. The first-order chi connectivity index (χ1) is 9.38.